The Morgan fingerprint density at radius 3 is 2.35 bits per heavy atom. The van der Waals surface area contributed by atoms with Gasteiger partial charge < -0.3 is 16.4 Å². The van der Waals surface area contributed by atoms with Crippen LogP contribution in [0.4, 0.5) is 25.0 Å². The molecule has 2 aromatic carbocycles. The maximum atomic E-state index is 15.0. The number of hydrogen-bond donors (Lipinski definition) is 3. The van der Waals surface area contributed by atoms with Gasteiger partial charge in [-0.25, -0.2) is 18.6 Å². The normalized spacial score (nSPS) is 10.7. The lowest BCUT2D eigenvalue weighted by atomic mass is 10.0. The quantitative estimate of drug-likeness (QED) is 0.365. The first-order valence-electron chi connectivity index (χ1n) is 9.42. The van der Waals surface area contributed by atoms with Crippen LogP contribution in [0.3, 0.4) is 0 Å². The molecule has 3 amide bonds. The maximum Gasteiger partial charge on any atom is 0.316 e. The SMILES string of the molecule is NC(=O)Nc1cc(F)ccc1-c1cc(Cl)c(C(=O)Nc2cnc(-n3nccn3)c(Cl)c2)cc1F. The summed E-state index contributed by atoms with van der Waals surface area (Å²) < 4.78 is 28.6. The minimum atomic E-state index is -0.962. The van der Waals surface area contributed by atoms with Crippen LogP contribution in [0.2, 0.25) is 10.0 Å². The summed E-state index contributed by atoms with van der Waals surface area (Å²) in [7, 11) is 0. The van der Waals surface area contributed by atoms with Crippen molar-refractivity contribution in [1.29, 1.82) is 0 Å². The zero-order chi connectivity index (χ0) is 24.4. The number of anilines is 2. The van der Waals surface area contributed by atoms with E-state index in [0.29, 0.717) is 0 Å². The van der Waals surface area contributed by atoms with Crippen molar-refractivity contribution in [3.63, 3.8) is 0 Å². The molecule has 4 aromatic rings. The Kier molecular flexibility index (Phi) is 6.39. The first-order chi connectivity index (χ1) is 16.2. The molecule has 2 aromatic heterocycles. The number of pyridine rings is 1. The molecule has 2 heterocycles. The van der Waals surface area contributed by atoms with Crippen LogP contribution in [-0.4, -0.2) is 31.9 Å². The first-order valence-corrected chi connectivity index (χ1v) is 10.2. The zero-order valence-electron chi connectivity index (χ0n) is 16.9. The van der Waals surface area contributed by atoms with Gasteiger partial charge in [-0.1, -0.05) is 23.2 Å². The van der Waals surface area contributed by atoms with Crippen LogP contribution in [0.15, 0.2) is 55.0 Å². The summed E-state index contributed by atoms with van der Waals surface area (Å²) in [5, 5.41) is 12.7. The predicted octanol–water partition coefficient (Wildman–Crippen LogP) is 4.66. The van der Waals surface area contributed by atoms with Gasteiger partial charge in [0.05, 0.1) is 45.6 Å². The number of urea groups is 1. The lowest BCUT2D eigenvalue weighted by molar-refractivity contribution is 0.102. The largest absolute Gasteiger partial charge is 0.351 e. The summed E-state index contributed by atoms with van der Waals surface area (Å²) in [6.45, 7) is 0. The van der Waals surface area contributed by atoms with Crippen molar-refractivity contribution < 1.29 is 18.4 Å². The van der Waals surface area contributed by atoms with E-state index < -0.39 is 23.6 Å². The van der Waals surface area contributed by atoms with Crippen molar-refractivity contribution in [2.75, 3.05) is 10.6 Å². The van der Waals surface area contributed by atoms with Crippen LogP contribution in [-0.2, 0) is 0 Å². The summed E-state index contributed by atoms with van der Waals surface area (Å²) in [5.74, 6) is -1.99. The smallest absolute Gasteiger partial charge is 0.316 e. The van der Waals surface area contributed by atoms with Crippen LogP contribution < -0.4 is 16.4 Å². The van der Waals surface area contributed by atoms with E-state index in [4.69, 9.17) is 28.9 Å². The Morgan fingerprint density at radius 2 is 1.68 bits per heavy atom. The molecule has 0 atom stereocenters. The maximum absolute atomic E-state index is 15.0. The van der Waals surface area contributed by atoms with E-state index in [9.17, 15) is 18.4 Å². The number of primary amides is 1. The molecule has 0 saturated carbocycles. The van der Waals surface area contributed by atoms with Gasteiger partial charge >= 0.3 is 6.03 Å². The molecule has 13 heteroatoms. The average molecular weight is 504 g/mol. The van der Waals surface area contributed by atoms with Gasteiger partial charge in [-0.2, -0.15) is 10.2 Å². The summed E-state index contributed by atoms with van der Waals surface area (Å²) in [6, 6.07) is 5.87. The number of benzene rings is 2. The Balaban J connectivity index is 1.62. The molecule has 0 radical (unpaired) electrons. The Hall–Kier alpha value is -4.09. The topological polar surface area (TPSA) is 128 Å². The summed E-state index contributed by atoms with van der Waals surface area (Å²) in [5.41, 5.74) is 5.12. The van der Waals surface area contributed by atoms with E-state index in [-0.39, 0.29) is 43.9 Å². The highest BCUT2D eigenvalue weighted by atomic mass is 35.5. The fraction of sp³-hybridized carbons (Fsp3) is 0. The Labute approximate surface area is 200 Å². The van der Waals surface area contributed by atoms with E-state index in [0.717, 1.165) is 18.2 Å². The summed E-state index contributed by atoms with van der Waals surface area (Å²) in [6.07, 6.45) is 4.22. The first kappa shape index (κ1) is 23.1. The van der Waals surface area contributed by atoms with Gasteiger partial charge in [-0.3, -0.25) is 4.79 Å². The number of carbonyl (C=O) groups excluding carboxylic acids is 2. The van der Waals surface area contributed by atoms with Crippen molar-refractivity contribution in [3.05, 3.63) is 82.2 Å². The fourth-order valence-corrected chi connectivity index (χ4v) is 3.58. The monoisotopic (exact) mass is 503 g/mol. The molecule has 4 rings (SSSR count). The molecule has 0 spiro atoms. The average Bonchev–Trinajstić information content (AvgIpc) is 3.29. The third-order valence-electron chi connectivity index (χ3n) is 4.52. The molecule has 0 bridgehead atoms. The number of halogens is 4. The van der Waals surface area contributed by atoms with Crippen LogP contribution in [0, 0.1) is 11.6 Å². The third-order valence-corrected chi connectivity index (χ3v) is 5.11. The number of nitrogens with one attached hydrogen (secondary N) is 2. The highest BCUT2D eigenvalue weighted by Crippen LogP contribution is 2.34. The van der Waals surface area contributed by atoms with Gasteiger partial charge in [-0.15, -0.1) is 4.80 Å². The third kappa shape index (κ3) is 4.80. The highest BCUT2D eigenvalue weighted by molar-refractivity contribution is 6.35. The van der Waals surface area contributed by atoms with E-state index in [1.54, 1.807) is 0 Å². The molecular weight excluding hydrogens is 491 g/mol. The Morgan fingerprint density at radius 1 is 0.941 bits per heavy atom. The second-order valence-electron chi connectivity index (χ2n) is 6.79. The number of amides is 3. The second-order valence-corrected chi connectivity index (χ2v) is 7.61. The van der Waals surface area contributed by atoms with E-state index in [1.165, 1.54) is 41.6 Å². The van der Waals surface area contributed by atoms with Crippen molar-refractivity contribution in [3.8, 4) is 16.9 Å². The van der Waals surface area contributed by atoms with E-state index in [2.05, 4.69) is 25.8 Å². The molecule has 0 saturated heterocycles. The van der Waals surface area contributed by atoms with Gasteiger partial charge in [-0.05, 0) is 36.4 Å². The van der Waals surface area contributed by atoms with Gasteiger partial charge in [0.25, 0.3) is 5.91 Å². The molecule has 0 aliphatic rings. The molecule has 0 aliphatic carbocycles. The van der Waals surface area contributed by atoms with E-state index >= 15 is 0 Å². The molecule has 0 aliphatic heterocycles. The lowest BCUT2D eigenvalue weighted by Gasteiger charge is -2.13. The van der Waals surface area contributed by atoms with Gasteiger partial charge in [0.15, 0.2) is 5.82 Å². The zero-order valence-corrected chi connectivity index (χ0v) is 18.4. The molecule has 9 nitrogen and oxygen atoms in total. The highest BCUT2D eigenvalue weighted by Gasteiger charge is 2.19. The number of nitrogens with two attached hydrogens (primary N) is 1. The number of aromatic nitrogens is 4. The minimum absolute atomic E-state index is 0.0628. The summed E-state index contributed by atoms with van der Waals surface area (Å²) in [4.78, 5) is 29.3. The van der Waals surface area contributed by atoms with Gasteiger partial charge in [0.2, 0.25) is 0 Å². The number of nitrogens with zero attached hydrogens (tertiary/aromatic N) is 4. The van der Waals surface area contributed by atoms with E-state index in [1.807, 2.05) is 0 Å². The minimum Gasteiger partial charge on any atom is -0.351 e. The molecular formula is C21H13Cl2F2N7O2. The molecule has 34 heavy (non-hydrogen) atoms. The second kappa shape index (κ2) is 9.41. The number of hydrogen-bond acceptors (Lipinski definition) is 5. The molecule has 4 N–H and O–H groups in total. The standard InChI is InChI=1S/C21H13Cl2F2N7O2/c22-15-7-13(12-2-1-10(24)5-18(12)31-21(26)34)17(25)8-14(15)20(33)30-11-6-16(23)19(27-9-11)32-28-3-4-29-32/h1-9H,(H,30,33)(H3,26,31,34). The van der Waals surface area contributed by atoms with Gasteiger partial charge in [0.1, 0.15) is 11.6 Å². The molecule has 0 unspecified atom stereocenters. The molecule has 0 fully saturated rings. The van der Waals surface area contributed by atoms with Crippen molar-refractivity contribution >= 4 is 46.5 Å². The van der Waals surface area contributed by atoms with Crippen molar-refractivity contribution in [1.82, 2.24) is 20.0 Å². The summed E-state index contributed by atoms with van der Waals surface area (Å²) >= 11 is 12.4. The number of carbonyl (C=O) groups is 2. The van der Waals surface area contributed by atoms with Crippen LogP contribution >= 0.6 is 23.2 Å². The fourth-order valence-electron chi connectivity index (χ4n) is 3.08. The van der Waals surface area contributed by atoms with Crippen LogP contribution in [0.1, 0.15) is 10.4 Å². The van der Waals surface area contributed by atoms with Gasteiger partial charge in [0, 0.05) is 11.1 Å². The van der Waals surface area contributed by atoms with Crippen molar-refractivity contribution in [2.45, 2.75) is 0 Å². The Bertz CT molecular complexity index is 1410. The van der Waals surface area contributed by atoms with Crippen LogP contribution in [0.25, 0.3) is 16.9 Å². The number of rotatable bonds is 5. The molecule has 172 valence electrons. The predicted molar refractivity (Wildman–Crippen MR) is 122 cm³/mol. The lowest BCUT2D eigenvalue weighted by Crippen LogP contribution is -2.20. The van der Waals surface area contributed by atoms with Crippen LogP contribution in [0.5, 0.6) is 0 Å². The van der Waals surface area contributed by atoms with Crippen molar-refractivity contribution in [2.24, 2.45) is 5.73 Å².